The molecule has 4 N–H and O–H groups in total. The number of fused-ring (bicyclic) bond motifs is 1. The number of aromatic amines is 1. The maximum absolute atomic E-state index is 13.4. The Morgan fingerprint density at radius 3 is 2.77 bits per heavy atom. The first-order valence-corrected chi connectivity index (χ1v) is 12.7. The first kappa shape index (κ1) is 28.6. The number of ether oxygens (including phenoxy) is 2. The number of rotatable bonds is 15. The van der Waals surface area contributed by atoms with Crippen molar-refractivity contribution in [1.29, 1.82) is 0 Å². The number of aliphatic hydroxyl groups excluding tert-OH is 1. The van der Waals surface area contributed by atoms with E-state index in [4.69, 9.17) is 14.6 Å². The van der Waals surface area contributed by atoms with E-state index in [1.807, 2.05) is 4.90 Å². The Hall–Kier alpha value is -4.36. The number of nitrogens with one attached hydrogen (secondary N) is 3. The van der Waals surface area contributed by atoms with Gasteiger partial charge in [0.05, 0.1) is 32.3 Å². The molecule has 0 fully saturated rings. The van der Waals surface area contributed by atoms with Crippen molar-refractivity contribution in [2.75, 3.05) is 57.3 Å². The van der Waals surface area contributed by atoms with Crippen LogP contribution in [0.25, 0.3) is 10.9 Å². The summed E-state index contributed by atoms with van der Waals surface area (Å²) in [6.07, 6.45) is 2.06. The first-order chi connectivity index (χ1) is 19.5. The van der Waals surface area contributed by atoms with Gasteiger partial charge >= 0.3 is 0 Å². The van der Waals surface area contributed by atoms with Crippen LogP contribution in [0.15, 0.2) is 48.8 Å². The maximum Gasteiger partial charge on any atom is 0.230 e. The molecule has 2 heterocycles. The summed E-state index contributed by atoms with van der Waals surface area (Å²) >= 11 is 0. The number of alkyl halides is 1. The van der Waals surface area contributed by atoms with Crippen LogP contribution in [-0.4, -0.2) is 82.7 Å². The number of H-pyrrole nitrogens is 1. The molecule has 0 saturated carbocycles. The summed E-state index contributed by atoms with van der Waals surface area (Å²) < 4.78 is 37.5. The third kappa shape index (κ3) is 7.83. The monoisotopic (exact) mass is 555 g/mol. The zero-order chi connectivity index (χ0) is 28.3. The fourth-order valence-electron chi connectivity index (χ4n) is 4.08. The van der Waals surface area contributed by atoms with Gasteiger partial charge in [-0.15, -0.1) is 0 Å². The molecule has 4 aromatic rings. The average molecular weight is 556 g/mol. The average Bonchev–Trinajstić information content (AvgIpc) is 3.37. The van der Waals surface area contributed by atoms with Crippen molar-refractivity contribution in [1.82, 2.24) is 25.1 Å². The summed E-state index contributed by atoms with van der Waals surface area (Å²) in [5.41, 5.74) is 1.53. The molecule has 2 aromatic carbocycles. The number of halogens is 2. The van der Waals surface area contributed by atoms with Crippen molar-refractivity contribution >= 4 is 34.1 Å². The van der Waals surface area contributed by atoms with Gasteiger partial charge in [0.15, 0.2) is 17.3 Å². The summed E-state index contributed by atoms with van der Waals surface area (Å²) in [6, 6.07) is 10.9. The predicted octanol–water partition coefficient (Wildman–Crippen LogP) is 3.46. The highest BCUT2D eigenvalue weighted by Gasteiger charge is 2.14. The lowest BCUT2D eigenvalue weighted by Crippen LogP contribution is -2.30. The standard InChI is InChI=1S/C27H31F2N7O4/c1-39-23-15-21-22(16-24(23)40-11-3-7-36(8-6-28)9-10-37)30-17-31-27(21)33-25-13-20(34-35-25)14-26(38)32-19-5-2-4-18(29)12-19/h2,4-5,12-13,15-17,37H,3,6-11,14H2,1H3,(H,32,38)(H2,30,31,33,34,35). The molecule has 40 heavy (non-hydrogen) atoms. The lowest BCUT2D eigenvalue weighted by molar-refractivity contribution is -0.115. The van der Waals surface area contributed by atoms with Gasteiger partial charge in [-0.25, -0.2) is 18.7 Å². The molecule has 0 radical (unpaired) electrons. The van der Waals surface area contributed by atoms with E-state index in [1.54, 1.807) is 24.3 Å². The van der Waals surface area contributed by atoms with Crippen molar-refractivity contribution in [2.45, 2.75) is 12.8 Å². The maximum atomic E-state index is 13.4. The molecule has 4 rings (SSSR count). The molecule has 2 aromatic heterocycles. The molecule has 0 saturated heterocycles. The quantitative estimate of drug-likeness (QED) is 0.163. The van der Waals surface area contributed by atoms with Crippen LogP contribution in [0.4, 0.5) is 26.1 Å². The Labute approximate surface area is 229 Å². The molecule has 0 aliphatic heterocycles. The fourth-order valence-corrected chi connectivity index (χ4v) is 4.08. The molecule has 0 unspecified atom stereocenters. The van der Waals surface area contributed by atoms with E-state index in [-0.39, 0.29) is 25.5 Å². The number of hydrogen-bond donors (Lipinski definition) is 4. The Kier molecular flexibility index (Phi) is 10.1. The summed E-state index contributed by atoms with van der Waals surface area (Å²) in [7, 11) is 1.53. The van der Waals surface area contributed by atoms with Gasteiger partial charge in [-0.05, 0) is 30.7 Å². The van der Waals surface area contributed by atoms with Gasteiger partial charge in [0.25, 0.3) is 0 Å². The summed E-state index contributed by atoms with van der Waals surface area (Å²) in [4.78, 5) is 22.9. The van der Waals surface area contributed by atoms with Gasteiger partial charge in [0.2, 0.25) is 5.91 Å². The molecule has 0 spiro atoms. The van der Waals surface area contributed by atoms with Gasteiger partial charge in [0.1, 0.15) is 24.6 Å². The molecule has 212 valence electrons. The molecule has 1 amide bonds. The molecule has 13 heteroatoms. The number of methoxy groups -OCH3 is 1. The number of amides is 1. The number of carbonyl (C=O) groups excluding carboxylic acids is 1. The van der Waals surface area contributed by atoms with Crippen LogP contribution in [-0.2, 0) is 11.2 Å². The number of benzene rings is 2. The van der Waals surface area contributed by atoms with Crippen LogP contribution in [0.2, 0.25) is 0 Å². The van der Waals surface area contributed by atoms with E-state index in [0.29, 0.717) is 71.5 Å². The highest BCUT2D eigenvalue weighted by molar-refractivity contribution is 5.93. The Morgan fingerprint density at radius 2 is 2.00 bits per heavy atom. The first-order valence-electron chi connectivity index (χ1n) is 12.7. The molecule has 0 aliphatic rings. The summed E-state index contributed by atoms with van der Waals surface area (Å²) in [6.45, 7) is 1.15. The van der Waals surface area contributed by atoms with Crippen LogP contribution in [0.3, 0.4) is 0 Å². The predicted molar refractivity (Wildman–Crippen MR) is 146 cm³/mol. The van der Waals surface area contributed by atoms with Crippen LogP contribution >= 0.6 is 0 Å². The van der Waals surface area contributed by atoms with E-state index in [0.717, 1.165) is 0 Å². The number of anilines is 3. The van der Waals surface area contributed by atoms with Crippen LogP contribution in [0.5, 0.6) is 11.5 Å². The van der Waals surface area contributed by atoms with Crippen molar-refractivity contribution < 1.29 is 28.2 Å². The van der Waals surface area contributed by atoms with Crippen molar-refractivity contribution in [2.24, 2.45) is 0 Å². The van der Waals surface area contributed by atoms with Gasteiger partial charge in [-0.1, -0.05) is 6.07 Å². The Balaban J connectivity index is 1.40. The Bertz CT molecular complexity index is 1410. The number of aliphatic hydroxyl groups is 1. The topological polar surface area (TPSA) is 138 Å². The summed E-state index contributed by atoms with van der Waals surface area (Å²) in [5.74, 6) is 1.14. The zero-order valence-electron chi connectivity index (χ0n) is 22.0. The Morgan fingerprint density at radius 1 is 1.12 bits per heavy atom. The number of nitrogens with zero attached hydrogens (tertiary/aromatic N) is 4. The third-order valence-corrected chi connectivity index (χ3v) is 5.95. The van der Waals surface area contributed by atoms with Gasteiger partial charge in [0, 0.05) is 48.5 Å². The smallest absolute Gasteiger partial charge is 0.230 e. The van der Waals surface area contributed by atoms with E-state index in [9.17, 15) is 13.6 Å². The molecule has 0 atom stereocenters. The van der Waals surface area contributed by atoms with Gasteiger partial charge in [-0.3, -0.25) is 14.8 Å². The number of carbonyl (C=O) groups is 1. The van der Waals surface area contributed by atoms with Crippen LogP contribution < -0.4 is 20.1 Å². The van der Waals surface area contributed by atoms with E-state index in [1.165, 1.54) is 31.6 Å². The lowest BCUT2D eigenvalue weighted by atomic mass is 10.2. The second-order valence-electron chi connectivity index (χ2n) is 8.84. The normalized spacial score (nSPS) is 11.1. The van der Waals surface area contributed by atoms with Crippen LogP contribution in [0.1, 0.15) is 12.1 Å². The lowest BCUT2D eigenvalue weighted by Gasteiger charge is -2.19. The molecule has 11 nitrogen and oxygen atoms in total. The number of aromatic nitrogens is 4. The fraction of sp³-hybridized carbons (Fsp3) is 0.333. The van der Waals surface area contributed by atoms with Gasteiger partial charge in [-0.2, -0.15) is 5.10 Å². The van der Waals surface area contributed by atoms with E-state index < -0.39 is 12.5 Å². The minimum Gasteiger partial charge on any atom is -0.493 e. The minimum atomic E-state index is -0.471. The summed E-state index contributed by atoms with van der Waals surface area (Å²) in [5, 5.41) is 22.6. The minimum absolute atomic E-state index is 0.00970. The molecule has 0 bridgehead atoms. The van der Waals surface area contributed by atoms with Crippen molar-refractivity contribution in [3.63, 3.8) is 0 Å². The molecule has 0 aliphatic carbocycles. The largest absolute Gasteiger partial charge is 0.493 e. The molecular formula is C27H31F2N7O4. The highest BCUT2D eigenvalue weighted by Crippen LogP contribution is 2.34. The van der Waals surface area contributed by atoms with Gasteiger partial charge < -0.3 is 25.2 Å². The number of hydrogen-bond acceptors (Lipinski definition) is 9. The van der Waals surface area contributed by atoms with E-state index in [2.05, 4.69) is 30.8 Å². The molecular weight excluding hydrogens is 524 g/mol. The van der Waals surface area contributed by atoms with Crippen molar-refractivity contribution in [3.8, 4) is 11.5 Å². The second-order valence-corrected chi connectivity index (χ2v) is 8.84. The second kappa shape index (κ2) is 14.1. The third-order valence-electron chi connectivity index (χ3n) is 5.95. The van der Waals surface area contributed by atoms with Crippen LogP contribution in [0, 0.1) is 5.82 Å². The SMILES string of the molecule is COc1cc2c(Nc3cc(CC(=O)Nc4cccc(F)c4)[nH]n3)ncnc2cc1OCCCN(CCO)CCF. The van der Waals surface area contributed by atoms with Crippen molar-refractivity contribution in [3.05, 3.63) is 60.3 Å². The zero-order valence-corrected chi connectivity index (χ0v) is 22.0. The highest BCUT2D eigenvalue weighted by atomic mass is 19.1. The van der Waals surface area contributed by atoms with E-state index >= 15 is 0 Å².